The Morgan fingerprint density at radius 3 is 2.60 bits per heavy atom. The topological polar surface area (TPSA) is 71.2 Å². The summed E-state index contributed by atoms with van der Waals surface area (Å²) in [5, 5.41) is 0. The molecule has 2 heterocycles. The van der Waals surface area contributed by atoms with Gasteiger partial charge in [-0.05, 0) is 25.8 Å². The van der Waals surface area contributed by atoms with Crippen LogP contribution in [0, 0.1) is 5.92 Å². The second kappa shape index (κ2) is 5.69. The zero-order chi connectivity index (χ0) is 17.6. The highest BCUT2D eigenvalue weighted by atomic mass is 16.1. The van der Waals surface area contributed by atoms with Crippen molar-refractivity contribution in [3.63, 3.8) is 0 Å². The van der Waals surface area contributed by atoms with Crippen LogP contribution in [0.4, 0.5) is 0 Å². The molecule has 1 atom stereocenters. The maximum atomic E-state index is 12.6. The van der Waals surface area contributed by atoms with Gasteiger partial charge in [0.2, 0.25) is 0 Å². The van der Waals surface area contributed by atoms with Gasteiger partial charge in [0.1, 0.15) is 17.1 Å². The van der Waals surface area contributed by atoms with Gasteiger partial charge in [0.15, 0.2) is 11.6 Å². The number of hydrogen-bond donors (Lipinski definition) is 0. The molecule has 126 valence electrons. The minimum atomic E-state index is -0.776. The van der Waals surface area contributed by atoms with E-state index in [1.807, 2.05) is 18.2 Å². The van der Waals surface area contributed by atoms with Crippen LogP contribution < -0.4 is 0 Å². The number of fused-ring (bicyclic) bond motifs is 2. The van der Waals surface area contributed by atoms with E-state index in [-0.39, 0.29) is 18.0 Å². The summed E-state index contributed by atoms with van der Waals surface area (Å²) in [6, 6.07) is 10.1. The van der Waals surface area contributed by atoms with E-state index in [1.165, 1.54) is 5.56 Å². The van der Waals surface area contributed by atoms with E-state index in [0.29, 0.717) is 23.7 Å². The van der Waals surface area contributed by atoms with Gasteiger partial charge >= 0.3 is 0 Å². The number of aryl methyl sites for hydroxylation is 1. The van der Waals surface area contributed by atoms with E-state index in [9.17, 15) is 9.59 Å². The van der Waals surface area contributed by atoms with Crippen molar-refractivity contribution in [2.75, 3.05) is 0 Å². The average molecular weight is 333 g/mol. The molecular weight excluding hydrogens is 314 g/mol. The molecule has 0 aromatic heterocycles. The Bertz CT molecular complexity index is 889. The largest absolute Gasteiger partial charge is 0.296 e. The second-order valence-corrected chi connectivity index (χ2v) is 7.14. The summed E-state index contributed by atoms with van der Waals surface area (Å²) in [4.78, 5) is 38.5. The number of hydrogen-bond acceptors (Lipinski definition) is 5. The van der Waals surface area contributed by atoms with Gasteiger partial charge in [-0.3, -0.25) is 14.6 Å². The second-order valence-electron chi connectivity index (χ2n) is 7.14. The van der Waals surface area contributed by atoms with Crippen LogP contribution >= 0.6 is 0 Å². The molecule has 4 rings (SSSR count). The van der Waals surface area contributed by atoms with Crippen LogP contribution in [0.2, 0.25) is 0 Å². The Morgan fingerprint density at radius 1 is 1.08 bits per heavy atom. The molecule has 1 aliphatic carbocycles. The fraction of sp³-hybridized carbons (Fsp3) is 0.350. The van der Waals surface area contributed by atoms with Crippen molar-refractivity contribution in [1.82, 2.24) is 0 Å². The van der Waals surface area contributed by atoms with Gasteiger partial charge in [-0.2, -0.15) is 0 Å². The lowest BCUT2D eigenvalue weighted by Gasteiger charge is -2.32. The Kier molecular flexibility index (Phi) is 3.60. The SMILES string of the molecule is CC1(C)N=CC2=C3N=C(CCc4ccccc4)N=C3C(=O)CC2C1=O. The molecule has 1 unspecified atom stereocenters. The minimum absolute atomic E-state index is 0.0159. The third kappa shape index (κ3) is 2.69. The van der Waals surface area contributed by atoms with Crippen molar-refractivity contribution < 1.29 is 9.59 Å². The van der Waals surface area contributed by atoms with E-state index in [2.05, 4.69) is 27.1 Å². The quantitative estimate of drug-likeness (QED) is 0.853. The highest BCUT2D eigenvalue weighted by Gasteiger charge is 2.45. The van der Waals surface area contributed by atoms with Gasteiger partial charge in [0.25, 0.3) is 0 Å². The number of carbonyl (C=O) groups is 2. The monoisotopic (exact) mass is 333 g/mol. The third-order valence-corrected chi connectivity index (χ3v) is 4.93. The fourth-order valence-electron chi connectivity index (χ4n) is 3.46. The highest BCUT2D eigenvalue weighted by molar-refractivity contribution is 6.51. The normalized spacial score (nSPS) is 24.0. The number of Topliss-reactive ketones (excluding diaryl/α,β-unsaturated/α-hetero) is 2. The lowest BCUT2D eigenvalue weighted by molar-refractivity contribution is -0.128. The van der Waals surface area contributed by atoms with Crippen LogP contribution in [0.1, 0.15) is 32.3 Å². The average Bonchev–Trinajstić information content (AvgIpc) is 3.03. The first kappa shape index (κ1) is 15.8. The Balaban J connectivity index is 1.65. The molecule has 0 radical (unpaired) electrons. The van der Waals surface area contributed by atoms with Crippen molar-refractivity contribution in [2.45, 2.75) is 38.6 Å². The van der Waals surface area contributed by atoms with Crippen LogP contribution in [0.5, 0.6) is 0 Å². The molecule has 0 bridgehead atoms. The summed E-state index contributed by atoms with van der Waals surface area (Å²) in [6.45, 7) is 3.56. The number of amidine groups is 1. The van der Waals surface area contributed by atoms with Gasteiger partial charge < -0.3 is 0 Å². The van der Waals surface area contributed by atoms with Gasteiger partial charge in [-0.15, -0.1) is 0 Å². The summed E-state index contributed by atoms with van der Waals surface area (Å²) < 4.78 is 0. The minimum Gasteiger partial charge on any atom is -0.296 e. The lowest BCUT2D eigenvalue weighted by Crippen LogP contribution is -2.44. The van der Waals surface area contributed by atoms with Crippen molar-refractivity contribution in [3.8, 4) is 0 Å². The van der Waals surface area contributed by atoms with E-state index in [1.54, 1.807) is 20.1 Å². The summed E-state index contributed by atoms with van der Waals surface area (Å²) in [5.41, 5.74) is 2.13. The van der Waals surface area contributed by atoms with Crippen LogP contribution in [0.25, 0.3) is 0 Å². The zero-order valence-electron chi connectivity index (χ0n) is 14.3. The predicted octanol–water partition coefficient (Wildman–Crippen LogP) is 2.75. The van der Waals surface area contributed by atoms with Gasteiger partial charge in [-0.25, -0.2) is 9.98 Å². The molecular formula is C20H19N3O2. The van der Waals surface area contributed by atoms with Gasteiger partial charge in [0, 0.05) is 24.6 Å². The number of benzene rings is 1. The molecule has 0 spiro atoms. The van der Waals surface area contributed by atoms with Crippen LogP contribution in [0.15, 0.2) is 56.6 Å². The van der Waals surface area contributed by atoms with E-state index in [0.717, 1.165) is 12.0 Å². The van der Waals surface area contributed by atoms with Gasteiger partial charge in [0.05, 0.1) is 11.6 Å². The first-order valence-corrected chi connectivity index (χ1v) is 8.53. The Hall–Kier alpha value is -2.69. The Labute approximate surface area is 146 Å². The van der Waals surface area contributed by atoms with E-state index >= 15 is 0 Å². The molecule has 3 aliphatic rings. The number of carbonyl (C=O) groups excluding carboxylic acids is 2. The first-order chi connectivity index (χ1) is 12.0. The van der Waals surface area contributed by atoms with Crippen molar-refractivity contribution in [2.24, 2.45) is 20.9 Å². The molecule has 25 heavy (non-hydrogen) atoms. The lowest BCUT2D eigenvalue weighted by atomic mass is 9.74. The van der Waals surface area contributed by atoms with Gasteiger partial charge in [-0.1, -0.05) is 30.3 Å². The number of rotatable bonds is 3. The van der Waals surface area contributed by atoms with Crippen molar-refractivity contribution in [3.05, 3.63) is 47.2 Å². The summed E-state index contributed by atoms with van der Waals surface area (Å²) in [6.07, 6.45) is 3.37. The summed E-state index contributed by atoms with van der Waals surface area (Å²) in [5.74, 6) is 0.103. The number of nitrogens with zero attached hydrogens (tertiary/aromatic N) is 3. The zero-order valence-corrected chi connectivity index (χ0v) is 14.3. The van der Waals surface area contributed by atoms with Crippen molar-refractivity contribution >= 4 is 29.3 Å². The van der Waals surface area contributed by atoms with Crippen LogP contribution in [0.3, 0.4) is 0 Å². The number of allylic oxidation sites excluding steroid dienone is 2. The first-order valence-electron chi connectivity index (χ1n) is 8.53. The molecule has 0 fully saturated rings. The molecule has 0 amide bonds. The number of aliphatic imine (C=N–C) groups is 3. The van der Waals surface area contributed by atoms with E-state index in [4.69, 9.17) is 0 Å². The predicted molar refractivity (Wildman–Crippen MR) is 97.4 cm³/mol. The fourth-order valence-corrected chi connectivity index (χ4v) is 3.46. The van der Waals surface area contributed by atoms with Crippen LogP contribution in [-0.2, 0) is 16.0 Å². The van der Waals surface area contributed by atoms with Crippen LogP contribution in [-0.4, -0.2) is 34.9 Å². The molecule has 1 aromatic carbocycles. The molecule has 0 saturated heterocycles. The molecule has 5 nitrogen and oxygen atoms in total. The summed E-state index contributed by atoms with van der Waals surface area (Å²) in [7, 11) is 0. The highest BCUT2D eigenvalue weighted by Crippen LogP contribution is 2.36. The smallest absolute Gasteiger partial charge is 0.184 e. The maximum Gasteiger partial charge on any atom is 0.184 e. The third-order valence-electron chi connectivity index (χ3n) is 4.93. The molecule has 0 N–H and O–H groups in total. The Morgan fingerprint density at radius 2 is 1.84 bits per heavy atom. The van der Waals surface area contributed by atoms with E-state index < -0.39 is 11.5 Å². The maximum absolute atomic E-state index is 12.6. The molecule has 2 aliphatic heterocycles. The number of ketones is 2. The molecule has 0 saturated carbocycles. The van der Waals surface area contributed by atoms with Crippen molar-refractivity contribution in [1.29, 1.82) is 0 Å². The molecule has 5 heteroatoms. The summed E-state index contributed by atoms with van der Waals surface area (Å²) >= 11 is 0. The standard InChI is InChI=1S/C20H19N3O2/c1-20(2)19(25)13-10-15(24)18-17(14(13)11-21-20)22-16(23-18)9-8-12-6-4-3-5-7-12/h3-7,11,13H,8-10H2,1-2H3. The molecule has 1 aromatic rings.